The fourth-order valence-corrected chi connectivity index (χ4v) is 4.01. The zero-order valence-electron chi connectivity index (χ0n) is 18.3. The molecule has 0 radical (unpaired) electrons. The second kappa shape index (κ2) is 10.4. The lowest BCUT2D eigenvalue weighted by atomic mass is 10.1. The topological polar surface area (TPSA) is 47.6 Å². The lowest BCUT2D eigenvalue weighted by molar-refractivity contribution is 0.169. The molecule has 0 aliphatic carbocycles. The number of amides is 1. The second-order valence-electron chi connectivity index (χ2n) is 8.12. The number of hydrogen-bond donors (Lipinski definition) is 1. The van der Waals surface area contributed by atoms with Gasteiger partial charge in [0.15, 0.2) is 0 Å². The van der Waals surface area contributed by atoms with Crippen LogP contribution >= 0.6 is 22.1 Å². The van der Waals surface area contributed by atoms with Gasteiger partial charge in [-0.05, 0) is 48.8 Å². The first-order chi connectivity index (χ1) is 13.6. The van der Waals surface area contributed by atoms with Crippen molar-refractivity contribution in [2.75, 3.05) is 30.2 Å². The number of para-hydroxylation sites is 1. The Morgan fingerprint density at radius 1 is 1.07 bits per heavy atom. The zero-order chi connectivity index (χ0) is 21.5. The van der Waals surface area contributed by atoms with E-state index in [2.05, 4.69) is 63.7 Å². The molecule has 0 unspecified atom stereocenters. The Labute approximate surface area is 181 Å². The van der Waals surface area contributed by atoms with Gasteiger partial charge in [-0.15, -0.1) is 22.1 Å². The SMILES string of the molecule is Cc1c(COS(C)(C)C(C)(C)C)cccc1SCCOC(=O)Nc1ccccc1. The van der Waals surface area contributed by atoms with Crippen molar-refractivity contribution in [3.8, 4) is 0 Å². The van der Waals surface area contributed by atoms with Crippen LogP contribution in [0.25, 0.3) is 0 Å². The van der Waals surface area contributed by atoms with Crippen molar-refractivity contribution in [2.45, 2.75) is 43.9 Å². The predicted molar refractivity (Wildman–Crippen MR) is 127 cm³/mol. The molecule has 2 aromatic carbocycles. The summed E-state index contributed by atoms with van der Waals surface area (Å²) in [7, 11) is -1.15. The van der Waals surface area contributed by atoms with Crippen LogP contribution in [0.2, 0.25) is 0 Å². The minimum Gasteiger partial charge on any atom is -0.448 e. The molecule has 1 N–H and O–H groups in total. The van der Waals surface area contributed by atoms with E-state index in [1.807, 2.05) is 30.3 Å². The van der Waals surface area contributed by atoms with Gasteiger partial charge in [-0.3, -0.25) is 5.32 Å². The van der Waals surface area contributed by atoms with E-state index in [0.29, 0.717) is 19.0 Å². The van der Waals surface area contributed by atoms with Crippen molar-refractivity contribution in [1.82, 2.24) is 0 Å². The molecule has 2 rings (SSSR count). The number of benzene rings is 2. The van der Waals surface area contributed by atoms with Crippen molar-refractivity contribution in [2.24, 2.45) is 0 Å². The molecule has 0 aliphatic heterocycles. The summed E-state index contributed by atoms with van der Waals surface area (Å²) in [6.45, 7) is 9.80. The molecule has 29 heavy (non-hydrogen) atoms. The van der Waals surface area contributed by atoms with E-state index in [9.17, 15) is 4.79 Å². The molecule has 1 amide bonds. The minimum absolute atomic E-state index is 0.144. The summed E-state index contributed by atoms with van der Waals surface area (Å²) >= 11 is 1.69. The van der Waals surface area contributed by atoms with Crippen molar-refractivity contribution >= 4 is 33.9 Å². The Hall–Kier alpha value is -1.63. The van der Waals surface area contributed by atoms with E-state index in [-0.39, 0.29) is 4.75 Å². The molecule has 4 nitrogen and oxygen atoms in total. The van der Waals surface area contributed by atoms with Crippen LogP contribution in [-0.2, 0) is 15.5 Å². The van der Waals surface area contributed by atoms with Crippen LogP contribution in [0.3, 0.4) is 0 Å². The molecule has 0 spiro atoms. The summed E-state index contributed by atoms with van der Waals surface area (Å²) in [5, 5.41) is 2.72. The molecule has 0 heterocycles. The smallest absolute Gasteiger partial charge is 0.411 e. The molecule has 0 fully saturated rings. The Kier molecular flexibility index (Phi) is 8.49. The highest BCUT2D eigenvalue weighted by molar-refractivity contribution is 8.29. The van der Waals surface area contributed by atoms with E-state index >= 15 is 0 Å². The first kappa shape index (κ1) is 23.6. The Balaban J connectivity index is 1.82. The highest BCUT2D eigenvalue weighted by atomic mass is 32.3. The lowest BCUT2D eigenvalue weighted by Gasteiger charge is -2.43. The van der Waals surface area contributed by atoms with Gasteiger partial charge in [-0.25, -0.2) is 4.79 Å². The first-order valence-corrected chi connectivity index (χ1v) is 13.0. The molecule has 0 saturated carbocycles. The summed E-state index contributed by atoms with van der Waals surface area (Å²) in [6.07, 6.45) is 4.01. The standard InChI is InChI=1S/C23H33NO3S2/c1-18-19(17-27-29(5,6)23(2,3)4)11-10-14-21(18)28-16-15-26-22(25)24-20-12-8-7-9-13-20/h7-14H,15-17H2,1-6H3,(H,24,25). The van der Waals surface area contributed by atoms with Gasteiger partial charge in [-0.2, -0.15) is 0 Å². The van der Waals surface area contributed by atoms with Gasteiger partial charge in [0.05, 0.1) is 6.61 Å². The number of nitrogens with one attached hydrogen (secondary N) is 1. The van der Waals surface area contributed by atoms with Gasteiger partial charge in [0, 0.05) is 21.1 Å². The molecule has 0 atom stereocenters. The van der Waals surface area contributed by atoms with Gasteiger partial charge in [0.2, 0.25) is 0 Å². The van der Waals surface area contributed by atoms with E-state index < -0.39 is 16.4 Å². The third-order valence-electron chi connectivity index (χ3n) is 4.97. The largest absolute Gasteiger partial charge is 0.448 e. The number of rotatable bonds is 8. The highest BCUT2D eigenvalue weighted by Gasteiger charge is 2.28. The Morgan fingerprint density at radius 3 is 2.41 bits per heavy atom. The molecule has 160 valence electrons. The number of ether oxygens (including phenoxy) is 1. The molecule has 2 aromatic rings. The normalized spacial score (nSPS) is 12.5. The maximum atomic E-state index is 11.8. The zero-order valence-corrected chi connectivity index (χ0v) is 19.9. The van der Waals surface area contributed by atoms with E-state index in [1.165, 1.54) is 16.0 Å². The van der Waals surface area contributed by atoms with E-state index in [4.69, 9.17) is 8.92 Å². The average Bonchev–Trinajstić information content (AvgIpc) is 2.65. The number of carbonyl (C=O) groups is 1. The highest BCUT2D eigenvalue weighted by Crippen LogP contribution is 2.54. The van der Waals surface area contributed by atoms with Crippen LogP contribution in [0, 0.1) is 6.92 Å². The van der Waals surface area contributed by atoms with E-state index in [1.54, 1.807) is 11.8 Å². The monoisotopic (exact) mass is 435 g/mol. The summed E-state index contributed by atoms with van der Waals surface area (Å²) in [6, 6.07) is 15.6. The Bertz CT molecular complexity index is 802. The lowest BCUT2D eigenvalue weighted by Crippen LogP contribution is -2.25. The molecule has 0 aliphatic rings. The maximum Gasteiger partial charge on any atom is 0.411 e. The number of hydrogen-bond acceptors (Lipinski definition) is 4. The van der Waals surface area contributed by atoms with Crippen LogP contribution in [-0.4, -0.2) is 35.7 Å². The second-order valence-corrected chi connectivity index (χ2v) is 13.2. The van der Waals surface area contributed by atoms with Gasteiger partial charge in [0.1, 0.15) is 6.61 Å². The van der Waals surface area contributed by atoms with Crippen LogP contribution in [0.15, 0.2) is 53.4 Å². The number of carbonyl (C=O) groups excluding carboxylic acids is 1. The molecule has 0 saturated heterocycles. The Morgan fingerprint density at radius 2 is 1.76 bits per heavy atom. The summed E-state index contributed by atoms with van der Waals surface area (Å²) in [5.74, 6) is 0.700. The van der Waals surface area contributed by atoms with E-state index in [0.717, 1.165) is 5.69 Å². The fourth-order valence-electron chi connectivity index (χ4n) is 2.32. The third-order valence-corrected chi connectivity index (χ3v) is 9.75. The van der Waals surface area contributed by atoms with Gasteiger partial charge in [-0.1, -0.05) is 51.1 Å². The fraction of sp³-hybridized carbons (Fsp3) is 0.435. The van der Waals surface area contributed by atoms with Crippen molar-refractivity contribution in [3.63, 3.8) is 0 Å². The van der Waals surface area contributed by atoms with Crippen molar-refractivity contribution in [1.29, 1.82) is 0 Å². The summed E-state index contributed by atoms with van der Waals surface area (Å²) in [4.78, 5) is 13.0. The molecule has 6 heteroatoms. The first-order valence-electron chi connectivity index (χ1n) is 9.67. The average molecular weight is 436 g/mol. The molecular formula is C23H33NO3S2. The van der Waals surface area contributed by atoms with Crippen molar-refractivity contribution in [3.05, 3.63) is 59.7 Å². The predicted octanol–water partition coefficient (Wildman–Crippen LogP) is 6.63. The third kappa shape index (κ3) is 7.28. The number of anilines is 1. The van der Waals surface area contributed by atoms with Crippen LogP contribution in [0.5, 0.6) is 0 Å². The maximum absolute atomic E-state index is 11.8. The molecule has 0 aromatic heterocycles. The quantitative estimate of drug-likeness (QED) is 0.373. The van der Waals surface area contributed by atoms with Crippen LogP contribution in [0.1, 0.15) is 31.9 Å². The number of thioether (sulfide) groups is 1. The summed E-state index contributed by atoms with van der Waals surface area (Å²) in [5.41, 5.74) is 3.17. The minimum atomic E-state index is -1.15. The molecular weight excluding hydrogens is 402 g/mol. The van der Waals surface area contributed by atoms with Crippen LogP contribution in [0.4, 0.5) is 10.5 Å². The van der Waals surface area contributed by atoms with Crippen LogP contribution < -0.4 is 5.32 Å². The molecule has 0 bridgehead atoms. The van der Waals surface area contributed by atoms with Gasteiger partial charge in [0.25, 0.3) is 0 Å². The van der Waals surface area contributed by atoms with Crippen molar-refractivity contribution < 1.29 is 13.7 Å². The van der Waals surface area contributed by atoms with Gasteiger partial charge >= 0.3 is 6.09 Å². The van der Waals surface area contributed by atoms with Gasteiger partial charge < -0.3 is 8.92 Å². The summed E-state index contributed by atoms with van der Waals surface area (Å²) < 4.78 is 11.7.